The number of anilines is 1. The normalized spacial score (nSPS) is 21.0. The molecule has 1 aromatic heterocycles. The smallest absolute Gasteiger partial charge is 0.185 e. The Morgan fingerprint density at radius 1 is 1.61 bits per heavy atom. The largest absolute Gasteiger partial charge is 0.377 e. The maximum Gasteiger partial charge on any atom is 0.185 e. The van der Waals surface area contributed by atoms with E-state index < -0.39 is 0 Å². The van der Waals surface area contributed by atoms with Gasteiger partial charge in [0, 0.05) is 31.6 Å². The molecule has 0 radical (unpaired) electrons. The molecule has 2 rings (SSSR count). The van der Waals surface area contributed by atoms with Gasteiger partial charge in [0.2, 0.25) is 0 Å². The lowest BCUT2D eigenvalue weighted by atomic mass is 10.3. The topological polar surface area (TPSA) is 37.4 Å². The Hall–Kier alpha value is -0.650. The molecule has 0 bridgehead atoms. The highest BCUT2D eigenvalue weighted by Gasteiger charge is 2.17. The van der Waals surface area contributed by atoms with Crippen molar-refractivity contribution in [3.63, 3.8) is 0 Å². The SMILES string of the molecule is CCCNCc1csc(N2CCCOC(C)C2)n1. The van der Waals surface area contributed by atoms with Gasteiger partial charge in [-0.05, 0) is 26.3 Å². The van der Waals surface area contributed by atoms with Crippen molar-refractivity contribution in [3.05, 3.63) is 11.1 Å². The van der Waals surface area contributed by atoms with Gasteiger partial charge in [0.25, 0.3) is 0 Å². The molecule has 2 heterocycles. The summed E-state index contributed by atoms with van der Waals surface area (Å²) in [6, 6.07) is 0. The van der Waals surface area contributed by atoms with Crippen molar-refractivity contribution in [3.8, 4) is 0 Å². The lowest BCUT2D eigenvalue weighted by Crippen LogP contribution is -2.30. The predicted octanol–water partition coefficient (Wildman–Crippen LogP) is 2.26. The number of thiazole rings is 1. The van der Waals surface area contributed by atoms with E-state index in [-0.39, 0.29) is 0 Å². The van der Waals surface area contributed by atoms with Gasteiger partial charge < -0.3 is 15.0 Å². The molecule has 0 saturated carbocycles. The second kappa shape index (κ2) is 7.07. The Kier molecular flexibility index (Phi) is 5.41. The molecule has 0 amide bonds. The summed E-state index contributed by atoms with van der Waals surface area (Å²) in [5.41, 5.74) is 1.15. The van der Waals surface area contributed by atoms with E-state index in [4.69, 9.17) is 9.72 Å². The van der Waals surface area contributed by atoms with Crippen molar-refractivity contribution in [2.75, 3.05) is 31.1 Å². The molecule has 1 aliphatic heterocycles. The first-order valence-electron chi connectivity index (χ1n) is 6.81. The van der Waals surface area contributed by atoms with Crippen LogP contribution in [0.15, 0.2) is 5.38 Å². The minimum Gasteiger partial charge on any atom is -0.377 e. The number of aromatic nitrogens is 1. The van der Waals surface area contributed by atoms with Crippen LogP contribution in [0.1, 0.15) is 32.4 Å². The first kappa shape index (κ1) is 13.8. The summed E-state index contributed by atoms with van der Waals surface area (Å²) in [5.74, 6) is 0. The van der Waals surface area contributed by atoms with Gasteiger partial charge in [-0.25, -0.2) is 4.98 Å². The van der Waals surface area contributed by atoms with Crippen LogP contribution in [0, 0.1) is 0 Å². The Morgan fingerprint density at radius 3 is 3.33 bits per heavy atom. The molecule has 0 spiro atoms. The standard InChI is InChI=1S/C13H23N3OS/c1-3-5-14-8-12-10-18-13(15-12)16-6-4-7-17-11(2)9-16/h10-11,14H,3-9H2,1-2H3. The summed E-state index contributed by atoms with van der Waals surface area (Å²) >= 11 is 1.74. The maximum absolute atomic E-state index is 5.66. The van der Waals surface area contributed by atoms with E-state index in [1.807, 2.05) is 0 Å². The third kappa shape index (κ3) is 3.93. The fourth-order valence-corrected chi connectivity index (χ4v) is 2.95. The number of nitrogens with one attached hydrogen (secondary N) is 1. The quantitative estimate of drug-likeness (QED) is 0.832. The third-order valence-electron chi connectivity index (χ3n) is 3.00. The zero-order valence-electron chi connectivity index (χ0n) is 11.3. The van der Waals surface area contributed by atoms with Crippen molar-refractivity contribution >= 4 is 16.5 Å². The van der Waals surface area contributed by atoms with E-state index in [0.717, 1.165) is 56.5 Å². The molecule has 1 aromatic rings. The Balaban J connectivity index is 1.91. The van der Waals surface area contributed by atoms with Crippen LogP contribution in [0.5, 0.6) is 0 Å². The highest BCUT2D eigenvalue weighted by atomic mass is 32.1. The lowest BCUT2D eigenvalue weighted by molar-refractivity contribution is 0.0821. The van der Waals surface area contributed by atoms with Gasteiger partial charge in [-0.1, -0.05) is 6.92 Å². The molecule has 18 heavy (non-hydrogen) atoms. The second-order valence-corrected chi connectivity index (χ2v) is 5.62. The van der Waals surface area contributed by atoms with Gasteiger partial charge >= 0.3 is 0 Å². The molecule has 1 unspecified atom stereocenters. The lowest BCUT2D eigenvalue weighted by Gasteiger charge is -2.20. The number of nitrogens with zero attached hydrogens (tertiary/aromatic N) is 2. The van der Waals surface area contributed by atoms with Crippen LogP contribution in [0.2, 0.25) is 0 Å². The van der Waals surface area contributed by atoms with E-state index in [1.54, 1.807) is 11.3 Å². The third-order valence-corrected chi connectivity index (χ3v) is 3.95. The Bertz CT molecular complexity index is 356. The van der Waals surface area contributed by atoms with E-state index in [0.29, 0.717) is 6.10 Å². The molecule has 1 atom stereocenters. The van der Waals surface area contributed by atoms with Gasteiger partial charge in [-0.3, -0.25) is 0 Å². The zero-order chi connectivity index (χ0) is 12.8. The van der Waals surface area contributed by atoms with Crippen molar-refractivity contribution < 1.29 is 4.74 Å². The van der Waals surface area contributed by atoms with Gasteiger partial charge in [0.1, 0.15) is 0 Å². The van der Waals surface area contributed by atoms with Gasteiger partial charge in [0.15, 0.2) is 5.13 Å². The monoisotopic (exact) mass is 269 g/mol. The molecular formula is C13H23N3OS. The van der Waals surface area contributed by atoms with Crippen LogP contribution in [0.25, 0.3) is 0 Å². The summed E-state index contributed by atoms with van der Waals surface area (Å²) < 4.78 is 5.66. The van der Waals surface area contributed by atoms with Crippen LogP contribution in [-0.2, 0) is 11.3 Å². The molecule has 1 fully saturated rings. The molecule has 0 aliphatic carbocycles. The molecule has 0 aromatic carbocycles. The first-order valence-corrected chi connectivity index (χ1v) is 7.69. The van der Waals surface area contributed by atoms with Crippen molar-refractivity contribution in [2.24, 2.45) is 0 Å². The molecule has 1 N–H and O–H groups in total. The average Bonchev–Trinajstić information content (AvgIpc) is 2.72. The van der Waals surface area contributed by atoms with Crippen LogP contribution >= 0.6 is 11.3 Å². The van der Waals surface area contributed by atoms with Crippen LogP contribution in [0.4, 0.5) is 5.13 Å². The summed E-state index contributed by atoms with van der Waals surface area (Å²) in [6.07, 6.45) is 2.56. The minimum absolute atomic E-state index is 0.304. The van der Waals surface area contributed by atoms with Gasteiger partial charge in [0.05, 0.1) is 11.8 Å². The molecule has 1 aliphatic rings. The highest BCUT2D eigenvalue weighted by molar-refractivity contribution is 7.13. The van der Waals surface area contributed by atoms with E-state index in [1.165, 1.54) is 0 Å². The summed E-state index contributed by atoms with van der Waals surface area (Å²) in [6.45, 7) is 9.13. The van der Waals surface area contributed by atoms with Crippen LogP contribution in [-0.4, -0.2) is 37.3 Å². The predicted molar refractivity (Wildman–Crippen MR) is 76.4 cm³/mol. The number of hydrogen-bond acceptors (Lipinski definition) is 5. The van der Waals surface area contributed by atoms with E-state index in [9.17, 15) is 0 Å². The number of ether oxygens (including phenoxy) is 1. The molecular weight excluding hydrogens is 246 g/mol. The first-order chi connectivity index (χ1) is 8.79. The van der Waals surface area contributed by atoms with Crippen molar-refractivity contribution in [2.45, 2.75) is 39.3 Å². The number of rotatable bonds is 5. The summed E-state index contributed by atoms with van der Waals surface area (Å²) in [5, 5.41) is 6.69. The maximum atomic E-state index is 5.66. The molecule has 102 valence electrons. The number of hydrogen-bond donors (Lipinski definition) is 1. The highest BCUT2D eigenvalue weighted by Crippen LogP contribution is 2.22. The second-order valence-electron chi connectivity index (χ2n) is 4.78. The zero-order valence-corrected chi connectivity index (χ0v) is 12.1. The fraction of sp³-hybridized carbons (Fsp3) is 0.769. The molecule has 5 heteroatoms. The van der Waals surface area contributed by atoms with Gasteiger partial charge in [-0.15, -0.1) is 11.3 Å². The van der Waals surface area contributed by atoms with Crippen molar-refractivity contribution in [1.29, 1.82) is 0 Å². The minimum atomic E-state index is 0.304. The summed E-state index contributed by atoms with van der Waals surface area (Å²) in [7, 11) is 0. The molecule has 4 nitrogen and oxygen atoms in total. The van der Waals surface area contributed by atoms with Crippen LogP contribution in [0.3, 0.4) is 0 Å². The Morgan fingerprint density at radius 2 is 2.50 bits per heavy atom. The van der Waals surface area contributed by atoms with Crippen LogP contribution < -0.4 is 10.2 Å². The van der Waals surface area contributed by atoms with E-state index in [2.05, 4.69) is 29.4 Å². The van der Waals surface area contributed by atoms with Crippen molar-refractivity contribution in [1.82, 2.24) is 10.3 Å². The molecule has 1 saturated heterocycles. The average molecular weight is 269 g/mol. The van der Waals surface area contributed by atoms with E-state index >= 15 is 0 Å². The van der Waals surface area contributed by atoms with Gasteiger partial charge in [-0.2, -0.15) is 0 Å². The summed E-state index contributed by atoms with van der Waals surface area (Å²) in [4.78, 5) is 7.06. The Labute approximate surface area is 113 Å². The fourth-order valence-electron chi connectivity index (χ4n) is 2.08.